The molecule has 0 bridgehead atoms. The first-order valence-corrected chi connectivity index (χ1v) is 10.8. The van der Waals surface area contributed by atoms with E-state index in [1.165, 1.54) is 20.8 Å². The maximum absolute atomic E-state index is 13.3. The monoisotopic (exact) mass is 476 g/mol. The van der Waals surface area contributed by atoms with Crippen molar-refractivity contribution in [3.63, 3.8) is 0 Å². The molecule has 0 radical (unpaired) electrons. The highest BCUT2D eigenvalue weighted by Gasteiger charge is 2.26. The van der Waals surface area contributed by atoms with Crippen molar-refractivity contribution in [2.45, 2.75) is 32.9 Å². The van der Waals surface area contributed by atoms with Crippen LogP contribution in [-0.2, 0) is 13.1 Å². The SMILES string of the molecule is CCCCn1c(N)c(N(Cc2ccccc2)C(=O)c2ccc(Br)s2)c(=O)[nH]c1=O. The lowest BCUT2D eigenvalue weighted by atomic mass is 10.2. The highest BCUT2D eigenvalue weighted by Crippen LogP contribution is 2.27. The van der Waals surface area contributed by atoms with Gasteiger partial charge in [-0.25, -0.2) is 4.79 Å². The molecular weight excluding hydrogens is 456 g/mol. The number of H-pyrrole nitrogens is 1. The number of halogens is 1. The first-order valence-electron chi connectivity index (χ1n) is 9.16. The van der Waals surface area contributed by atoms with Gasteiger partial charge in [0.15, 0.2) is 5.69 Å². The summed E-state index contributed by atoms with van der Waals surface area (Å²) in [5.74, 6) is -0.366. The van der Waals surface area contributed by atoms with Crippen molar-refractivity contribution in [2.75, 3.05) is 10.6 Å². The lowest BCUT2D eigenvalue weighted by molar-refractivity contribution is 0.0988. The summed E-state index contributed by atoms with van der Waals surface area (Å²) in [5.41, 5.74) is 5.81. The first kappa shape index (κ1) is 21.1. The highest BCUT2D eigenvalue weighted by atomic mass is 79.9. The van der Waals surface area contributed by atoms with Gasteiger partial charge in [-0.15, -0.1) is 11.3 Å². The van der Waals surface area contributed by atoms with Gasteiger partial charge in [-0.05, 0) is 40.0 Å². The van der Waals surface area contributed by atoms with Crippen molar-refractivity contribution in [1.29, 1.82) is 0 Å². The predicted octanol–water partition coefficient (Wildman–Crippen LogP) is 3.59. The topological polar surface area (TPSA) is 101 Å². The number of amides is 1. The Morgan fingerprint density at radius 3 is 2.55 bits per heavy atom. The Morgan fingerprint density at radius 1 is 1.21 bits per heavy atom. The van der Waals surface area contributed by atoms with Gasteiger partial charge < -0.3 is 5.73 Å². The fourth-order valence-electron chi connectivity index (χ4n) is 2.96. The van der Waals surface area contributed by atoms with E-state index in [0.29, 0.717) is 11.4 Å². The minimum Gasteiger partial charge on any atom is -0.383 e. The molecule has 29 heavy (non-hydrogen) atoms. The van der Waals surface area contributed by atoms with Gasteiger partial charge in [-0.2, -0.15) is 0 Å². The number of nitrogens with two attached hydrogens (primary N) is 1. The maximum atomic E-state index is 13.3. The molecule has 0 spiro atoms. The van der Waals surface area contributed by atoms with Crippen molar-refractivity contribution >= 4 is 44.7 Å². The van der Waals surface area contributed by atoms with Gasteiger partial charge in [0.1, 0.15) is 5.82 Å². The van der Waals surface area contributed by atoms with Crippen molar-refractivity contribution in [3.8, 4) is 0 Å². The van der Waals surface area contributed by atoms with Gasteiger partial charge >= 0.3 is 5.69 Å². The molecule has 2 heterocycles. The summed E-state index contributed by atoms with van der Waals surface area (Å²) >= 11 is 4.63. The number of carbonyl (C=O) groups is 1. The first-order chi connectivity index (χ1) is 13.9. The van der Waals surface area contributed by atoms with Crippen molar-refractivity contribution in [1.82, 2.24) is 9.55 Å². The molecule has 0 aliphatic carbocycles. The normalized spacial score (nSPS) is 10.8. The number of aromatic amines is 1. The molecule has 3 N–H and O–H groups in total. The predicted molar refractivity (Wildman–Crippen MR) is 120 cm³/mol. The van der Waals surface area contributed by atoms with E-state index in [1.54, 1.807) is 12.1 Å². The molecule has 0 aliphatic heterocycles. The smallest absolute Gasteiger partial charge is 0.330 e. The molecule has 1 amide bonds. The molecular formula is C20H21BrN4O3S. The van der Waals surface area contributed by atoms with E-state index in [2.05, 4.69) is 20.9 Å². The number of nitrogens with one attached hydrogen (secondary N) is 1. The molecule has 0 atom stereocenters. The van der Waals surface area contributed by atoms with E-state index < -0.39 is 11.2 Å². The third-order valence-corrected chi connectivity index (χ3v) is 6.04. The quantitative estimate of drug-likeness (QED) is 0.543. The van der Waals surface area contributed by atoms with Gasteiger partial charge in [-0.1, -0.05) is 43.7 Å². The zero-order valence-corrected chi connectivity index (χ0v) is 18.3. The molecule has 0 saturated carbocycles. The molecule has 3 rings (SSSR count). The Bertz CT molecular complexity index is 1120. The number of nitrogen functional groups attached to an aromatic ring is 1. The average Bonchev–Trinajstić information content (AvgIpc) is 3.13. The summed E-state index contributed by atoms with van der Waals surface area (Å²) in [6.07, 6.45) is 1.58. The van der Waals surface area contributed by atoms with Gasteiger partial charge in [0.05, 0.1) is 15.2 Å². The Labute approximate surface area is 179 Å². The zero-order chi connectivity index (χ0) is 21.0. The lowest BCUT2D eigenvalue weighted by Crippen LogP contribution is -2.40. The fourth-order valence-corrected chi connectivity index (χ4v) is 4.29. The maximum Gasteiger partial charge on any atom is 0.330 e. The van der Waals surface area contributed by atoms with Gasteiger partial charge in [0, 0.05) is 6.54 Å². The van der Waals surface area contributed by atoms with Crippen LogP contribution in [0.3, 0.4) is 0 Å². The number of unbranched alkanes of at least 4 members (excludes halogenated alkanes) is 1. The van der Waals surface area contributed by atoms with Crippen LogP contribution in [0, 0.1) is 0 Å². The molecule has 1 aromatic carbocycles. The third kappa shape index (κ3) is 4.68. The summed E-state index contributed by atoms with van der Waals surface area (Å²) in [5, 5.41) is 0. The molecule has 0 saturated heterocycles. The van der Waals surface area contributed by atoms with Crippen LogP contribution in [-0.4, -0.2) is 15.5 Å². The van der Waals surface area contributed by atoms with E-state index in [-0.39, 0.29) is 24.0 Å². The average molecular weight is 477 g/mol. The van der Waals surface area contributed by atoms with Crippen LogP contribution in [0.4, 0.5) is 11.5 Å². The standard InChI is InChI=1S/C20H21BrN4O3S/c1-2-3-11-24-17(22)16(18(26)23-20(24)28)25(12-13-7-5-4-6-8-13)19(27)14-9-10-15(21)29-14/h4-10H,2-3,11-12,22H2,1H3,(H,23,26,28). The molecule has 0 aliphatic rings. The van der Waals surface area contributed by atoms with Crippen molar-refractivity contribution < 1.29 is 4.79 Å². The van der Waals surface area contributed by atoms with Crippen LogP contribution in [0.25, 0.3) is 0 Å². The summed E-state index contributed by atoms with van der Waals surface area (Å²) in [7, 11) is 0. The van der Waals surface area contributed by atoms with Crippen LogP contribution in [0.5, 0.6) is 0 Å². The fraction of sp³-hybridized carbons (Fsp3) is 0.250. The number of anilines is 2. The number of rotatable bonds is 7. The Kier molecular flexibility index (Phi) is 6.71. The van der Waals surface area contributed by atoms with Crippen molar-refractivity contribution in [2.24, 2.45) is 0 Å². The molecule has 152 valence electrons. The van der Waals surface area contributed by atoms with Crippen LogP contribution in [0.1, 0.15) is 35.0 Å². The largest absolute Gasteiger partial charge is 0.383 e. The van der Waals surface area contributed by atoms with Crippen LogP contribution in [0.2, 0.25) is 0 Å². The zero-order valence-electron chi connectivity index (χ0n) is 15.9. The van der Waals surface area contributed by atoms with E-state index in [1.807, 2.05) is 37.3 Å². The third-order valence-electron chi connectivity index (χ3n) is 4.43. The summed E-state index contributed by atoms with van der Waals surface area (Å²) in [6, 6.07) is 12.8. The second-order valence-electron chi connectivity index (χ2n) is 6.48. The highest BCUT2D eigenvalue weighted by molar-refractivity contribution is 9.11. The number of carbonyl (C=O) groups excluding carboxylic acids is 1. The summed E-state index contributed by atoms with van der Waals surface area (Å²) in [4.78, 5) is 42.4. The molecule has 2 aromatic heterocycles. The second-order valence-corrected chi connectivity index (χ2v) is 8.94. The second kappa shape index (κ2) is 9.23. The number of aromatic nitrogens is 2. The Morgan fingerprint density at radius 2 is 1.93 bits per heavy atom. The van der Waals surface area contributed by atoms with E-state index in [0.717, 1.165) is 22.2 Å². The Hall–Kier alpha value is -2.65. The molecule has 0 fully saturated rings. The van der Waals surface area contributed by atoms with Crippen LogP contribution < -0.4 is 21.9 Å². The van der Waals surface area contributed by atoms with Gasteiger partial charge in [0.25, 0.3) is 11.5 Å². The van der Waals surface area contributed by atoms with Crippen molar-refractivity contribution in [3.05, 3.63) is 77.5 Å². The number of nitrogens with zero attached hydrogens (tertiary/aromatic N) is 2. The van der Waals surface area contributed by atoms with Crippen LogP contribution in [0.15, 0.2) is 55.8 Å². The minimum absolute atomic E-state index is 0.00731. The number of thiophene rings is 1. The molecule has 7 nitrogen and oxygen atoms in total. The van der Waals surface area contributed by atoms with E-state index in [9.17, 15) is 14.4 Å². The number of benzene rings is 1. The van der Waals surface area contributed by atoms with Crippen LogP contribution >= 0.6 is 27.3 Å². The minimum atomic E-state index is -0.680. The van der Waals surface area contributed by atoms with E-state index in [4.69, 9.17) is 5.73 Å². The molecule has 3 aromatic rings. The Balaban J connectivity index is 2.14. The number of hydrogen-bond donors (Lipinski definition) is 2. The molecule has 0 unspecified atom stereocenters. The molecule has 9 heteroatoms. The summed E-state index contributed by atoms with van der Waals surface area (Å²) < 4.78 is 2.12. The van der Waals surface area contributed by atoms with Gasteiger partial charge in [0.2, 0.25) is 0 Å². The van der Waals surface area contributed by atoms with Gasteiger partial charge in [-0.3, -0.25) is 24.0 Å². The number of hydrogen-bond acceptors (Lipinski definition) is 5. The van der Waals surface area contributed by atoms with E-state index >= 15 is 0 Å². The summed E-state index contributed by atoms with van der Waals surface area (Å²) in [6.45, 7) is 2.50. The lowest BCUT2D eigenvalue weighted by Gasteiger charge is -2.24.